The Morgan fingerprint density at radius 1 is 1.00 bits per heavy atom. The molecule has 6 heteroatoms. The normalized spacial score (nSPS) is 14.6. The van der Waals surface area contributed by atoms with Crippen molar-refractivity contribution in [1.82, 2.24) is 9.97 Å². The Hall–Kier alpha value is -3.15. The summed E-state index contributed by atoms with van der Waals surface area (Å²) in [4.78, 5) is 11.2. The summed E-state index contributed by atoms with van der Waals surface area (Å²) in [7, 11) is 0. The van der Waals surface area contributed by atoms with Gasteiger partial charge in [-0.15, -0.1) is 0 Å². The lowest BCUT2D eigenvalue weighted by Crippen LogP contribution is -2.32. The fraction of sp³-hybridized carbons (Fsp3) is 0.304. The Labute approximate surface area is 171 Å². The van der Waals surface area contributed by atoms with Gasteiger partial charge in [0.25, 0.3) is 0 Å². The summed E-state index contributed by atoms with van der Waals surface area (Å²) in [5.74, 6) is 1.84. The third kappa shape index (κ3) is 5.22. The molecule has 0 unspecified atom stereocenters. The Morgan fingerprint density at radius 3 is 2.45 bits per heavy atom. The van der Waals surface area contributed by atoms with Crippen LogP contribution in [0, 0.1) is 11.7 Å². The average molecular weight is 391 g/mol. The molecule has 1 aliphatic heterocycles. The van der Waals surface area contributed by atoms with Crippen LogP contribution in [0.5, 0.6) is 0 Å². The predicted octanol–water partition coefficient (Wildman–Crippen LogP) is 5.21. The zero-order valence-electron chi connectivity index (χ0n) is 16.6. The molecule has 2 aromatic carbocycles. The summed E-state index contributed by atoms with van der Waals surface area (Å²) in [6, 6.07) is 16.7. The van der Waals surface area contributed by atoms with E-state index in [1.165, 1.54) is 30.7 Å². The summed E-state index contributed by atoms with van der Waals surface area (Å²) in [5, 5.41) is 6.50. The topological polar surface area (TPSA) is 53.1 Å². The average Bonchev–Trinajstić information content (AvgIpc) is 2.75. The van der Waals surface area contributed by atoms with Gasteiger partial charge in [-0.05, 0) is 66.8 Å². The Balaban J connectivity index is 1.35. The zero-order valence-corrected chi connectivity index (χ0v) is 16.6. The first kappa shape index (κ1) is 19.2. The Morgan fingerprint density at radius 2 is 1.72 bits per heavy atom. The van der Waals surface area contributed by atoms with E-state index in [4.69, 9.17) is 0 Å². The molecule has 29 heavy (non-hydrogen) atoms. The summed E-state index contributed by atoms with van der Waals surface area (Å²) in [6.45, 7) is 5.14. The van der Waals surface area contributed by atoms with E-state index >= 15 is 0 Å². The van der Waals surface area contributed by atoms with Crippen molar-refractivity contribution < 1.29 is 4.39 Å². The minimum absolute atomic E-state index is 0.233. The highest BCUT2D eigenvalue weighted by molar-refractivity contribution is 5.60. The van der Waals surface area contributed by atoms with Gasteiger partial charge in [0.2, 0.25) is 5.95 Å². The first-order valence-corrected chi connectivity index (χ1v) is 10.1. The quantitative estimate of drug-likeness (QED) is 0.604. The maximum absolute atomic E-state index is 13.0. The van der Waals surface area contributed by atoms with Crippen LogP contribution >= 0.6 is 0 Å². The fourth-order valence-electron chi connectivity index (χ4n) is 3.46. The van der Waals surface area contributed by atoms with Crippen molar-refractivity contribution in [2.75, 3.05) is 28.6 Å². The molecule has 1 aromatic heterocycles. The maximum Gasteiger partial charge on any atom is 0.229 e. The molecule has 2 N–H and O–H groups in total. The van der Waals surface area contributed by atoms with Gasteiger partial charge in [-0.2, -0.15) is 4.98 Å². The number of rotatable bonds is 6. The van der Waals surface area contributed by atoms with E-state index in [9.17, 15) is 4.39 Å². The van der Waals surface area contributed by atoms with Gasteiger partial charge in [-0.25, -0.2) is 9.37 Å². The van der Waals surface area contributed by atoms with Crippen LogP contribution in [0.2, 0.25) is 0 Å². The second kappa shape index (κ2) is 8.90. The van der Waals surface area contributed by atoms with Crippen LogP contribution in [0.4, 0.5) is 27.5 Å². The van der Waals surface area contributed by atoms with Gasteiger partial charge < -0.3 is 15.5 Å². The van der Waals surface area contributed by atoms with Crippen LogP contribution in [-0.2, 0) is 6.54 Å². The molecule has 1 fully saturated rings. The van der Waals surface area contributed by atoms with Crippen molar-refractivity contribution >= 4 is 23.1 Å². The smallest absolute Gasteiger partial charge is 0.229 e. The molecule has 0 bridgehead atoms. The molecule has 5 nitrogen and oxygen atoms in total. The van der Waals surface area contributed by atoms with E-state index in [0.717, 1.165) is 30.3 Å². The molecule has 0 aliphatic carbocycles. The van der Waals surface area contributed by atoms with Crippen LogP contribution in [0.15, 0.2) is 60.8 Å². The number of hydrogen-bond donors (Lipinski definition) is 2. The monoisotopic (exact) mass is 391 g/mol. The molecule has 0 amide bonds. The molecule has 150 valence electrons. The fourth-order valence-corrected chi connectivity index (χ4v) is 3.46. The van der Waals surface area contributed by atoms with Gasteiger partial charge in [0.1, 0.15) is 11.6 Å². The van der Waals surface area contributed by atoms with E-state index in [-0.39, 0.29) is 5.82 Å². The van der Waals surface area contributed by atoms with Crippen molar-refractivity contribution in [3.63, 3.8) is 0 Å². The Bertz CT molecular complexity index is 919. The van der Waals surface area contributed by atoms with Crippen LogP contribution in [0.25, 0.3) is 0 Å². The summed E-state index contributed by atoms with van der Waals surface area (Å²) >= 11 is 0. The Kier molecular flexibility index (Phi) is 5.89. The molecular formula is C23H26FN5. The highest BCUT2D eigenvalue weighted by Crippen LogP contribution is 2.25. The second-order valence-corrected chi connectivity index (χ2v) is 7.59. The molecular weight excluding hydrogens is 365 g/mol. The molecule has 4 rings (SSSR count). The van der Waals surface area contributed by atoms with Crippen molar-refractivity contribution in [2.45, 2.75) is 26.3 Å². The van der Waals surface area contributed by atoms with Crippen LogP contribution in [0.1, 0.15) is 25.3 Å². The third-order valence-corrected chi connectivity index (χ3v) is 5.31. The lowest BCUT2D eigenvalue weighted by Gasteiger charge is -2.32. The summed E-state index contributed by atoms with van der Waals surface area (Å²) in [5.41, 5.74) is 3.20. The minimum Gasteiger partial charge on any atom is -0.372 e. The van der Waals surface area contributed by atoms with Gasteiger partial charge in [-0.3, -0.25) is 0 Å². The highest BCUT2D eigenvalue weighted by atomic mass is 19.1. The maximum atomic E-state index is 13.0. The molecule has 1 saturated heterocycles. The number of benzene rings is 2. The number of piperidine rings is 1. The van der Waals surface area contributed by atoms with E-state index < -0.39 is 0 Å². The molecule has 0 atom stereocenters. The first-order valence-electron chi connectivity index (χ1n) is 10.1. The van der Waals surface area contributed by atoms with Crippen LogP contribution in [0.3, 0.4) is 0 Å². The van der Waals surface area contributed by atoms with Crippen LogP contribution < -0.4 is 15.5 Å². The van der Waals surface area contributed by atoms with E-state index in [1.807, 2.05) is 6.07 Å². The number of anilines is 4. The largest absolute Gasteiger partial charge is 0.372 e. The van der Waals surface area contributed by atoms with Gasteiger partial charge in [0, 0.05) is 37.2 Å². The van der Waals surface area contributed by atoms with Crippen molar-refractivity contribution in [2.24, 2.45) is 5.92 Å². The summed E-state index contributed by atoms with van der Waals surface area (Å²) in [6.07, 6.45) is 4.22. The van der Waals surface area contributed by atoms with Crippen molar-refractivity contribution in [3.05, 3.63) is 72.2 Å². The second-order valence-electron chi connectivity index (χ2n) is 7.59. The zero-order chi connectivity index (χ0) is 20.1. The van der Waals surface area contributed by atoms with E-state index in [1.54, 1.807) is 18.3 Å². The minimum atomic E-state index is -0.233. The first-order chi connectivity index (χ1) is 14.2. The van der Waals surface area contributed by atoms with Crippen LogP contribution in [-0.4, -0.2) is 23.1 Å². The van der Waals surface area contributed by atoms with Gasteiger partial charge in [-0.1, -0.05) is 19.1 Å². The summed E-state index contributed by atoms with van der Waals surface area (Å²) < 4.78 is 13.0. The number of nitrogens with zero attached hydrogens (tertiary/aromatic N) is 3. The number of hydrogen-bond acceptors (Lipinski definition) is 5. The lowest BCUT2D eigenvalue weighted by atomic mass is 9.99. The van der Waals surface area contributed by atoms with Crippen molar-refractivity contribution in [1.29, 1.82) is 0 Å². The van der Waals surface area contributed by atoms with Gasteiger partial charge >= 0.3 is 0 Å². The standard InChI is InChI=1S/C23H26FN5/c1-17-11-14-29(15-12-17)21-8-6-20(7-9-21)27-23-25-13-10-22(28-23)26-16-18-2-4-19(24)5-3-18/h2-10,13,17H,11-12,14-16H2,1H3,(H2,25,26,27,28). The molecule has 0 saturated carbocycles. The van der Waals surface area contributed by atoms with Gasteiger partial charge in [0.05, 0.1) is 0 Å². The molecule has 2 heterocycles. The number of halogens is 1. The number of aromatic nitrogens is 2. The number of nitrogens with one attached hydrogen (secondary N) is 2. The molecule has 0 spiro atoms. The molecule has 1 aliphatic rings. The lowest BCUT2D eigenvalue weighted by molar-refractivity contribution is 0.438. The molecule has 3 aromatic rings. The third-order valence-electron chi connectivity index (χ3n) is 5.31. The SMILES string of the molecule is CC1CCN(c2ccc(Nc3nccc(NCc4ccc(F)cc4)n3)cc2)CC1. The van der Waals surface area contributed by atoms with E-state index in [0.29, 0.717) is 18.3 Å². The predicted molar refractivity (Wildman–Crippen MR) is 116 cm³/mol. The van der Waals surface area contributed by atoms with Gasteiger partial charge in [0.15, 0.2) is 0 Å². The van der Waals surface area contributed by atoms with E-state index in [2.05, 4.69) is 56.7 Å². The highest BCUT2D eigenvalue weighted by Gasteiger charge is 2.15. The van der Waals surface area contributed by atoms with Crippen molar-refractivity contribution in [3.8, 4) is 0 Å². The molecule has 0 radical (unpaired) electrons.